The van der Waals surface area contributed by atoms with E-state index in [0.717, 1.165) is 110 Å². The van der Waals surface area contributed by atoms with Crippen LogP contribution in [0.15, 0.2) is 23.3 Å². The molecule has 0 radical (unpaired) electrons. The third-order valence-electron chi connectivity index (χ3n) is 24.4. The van der Waals surface area contributed by atoms with Gasteiger partial charge in [-0.05, 0) is 233 Å². The lowest BCUT2D eigenvalue weighted by molar-refractivity contribution is -0.104. The van der Waals surface area contributed by atoms with Crippen molar-refractivity contribution in [3.8, 4) is 0 Å². The summed E-state index contributed by atoms with van der Waals surface area (Å²) in [6.45, 7) is 26.5. The van der Waals surface area contributed by atoms with Gasteiger partial charge in [-0.3, -0.25) is 0 Å². The minimum absolute atomic E-state index is 0.310. The van der Waals surface area contributed by atoms with E-state index in [0.29, 0.717) is 58.9 Å². The molecule has 0 aromatic heterocycles. The standard InChI is InChI=1S/C66H114O3/c1-45(2)19-17-21-47(5)55-29-31-57-53-27-25-51-43-49(33-37-63(51,7)59(53)35-39-65(55,57)9)61(23-13-11-15-41-67)69-62(24-14-12-16-42-68)50-34-38-64(8)52(44-50)26-28-54-58-32-30-56(48(6)22-18-20-46(3)4)66(58,10)40-36-60(54)64/h25-26,45-50,53-62,67-68H,11-24,27-44H2,1-10H3/t47-,48-,49+,50+,53+,54+,55-,56-,57+,58+,59+,60+,61?,62?,63+,64+,65-,66-/m1/s1. The Labute approximate surface area is 428 Å². The van der Waals surface area contributed by atoms with Crippen LogP contribution in [-0.4, -0.2) is 35.6 Å². The van der Waals surface area contributed by atoms with Gasteiger partial charge in [0.05, 0.1) is 12.2 Å². The van der Waals surface area contributed by atoms with E-state index >= 15 is 0 Å². The molecule has 3 nitrogen and oxygen atoms in total. The minimum Gasteiger partial charge on any atom is -0.396 e. The van der Waals surface area contributed by atoms with Crippen molar-refractivity contribution in [3.63, 3.8) is 0 Å². The summed E-state index contributed by atoms with van der Waals surface area (Å²) < 4.78 is 7.84. The molecule has 69 heavy (non-hydrogen) atoms. The molecule has 0 bridgehead atoms. The highest BCUT2D eigenvalue weighted by Crippen LogP contribution is 2.70. The molecule has 0 aliphatic heterocycles. The van der Waals surface area contributed by atoms with E-state index in [2.05, 4.69) is 81.4 Å². The third-order valence-corrected chi connectivity index (χ3v) is 24.4. The molecule has 0 saturated heterocycles. The maximum absolute atomic E-state index is 9.82. The monoisotopic (exact) mass is 955 g/mol. The number of unbranched alkanes of at least 4 members (excludes halogenated alkanes) is 4. The van der Waals surface area contributed by atoms with Crippen LogP contribution in [0.5, 0.6) is 0 Å². The molecule has 0 amide bonds. The van der Waals surface area contributed by atoms with Gasteiger partial charge in [-0.15, -0.1) is 0 Å². The first-order chi connectivity index (χ1) is 33.1. The molecule has 6 fully saturated rings. The van der Waals surface area contributed by atoms with Gasteiger partial charge in [0.25, 0.3) is 0 Å². The van der Waals surface area contributed by atoms with Gasteiger partial charge < -0.3 is 14.9 Å². The van der Waals surface area contributed by atoms with Gasteiger partial charge >= 0.3 is 0 Å². The molecule has 0 spiro atoms. The van der Waals surface area contributed by atoms with Crippen LogP contribution in [-0.2, 0) is 4.74 Å². The van der Waals surface area contributed by atoms with E-state index in [1.807, 2.05) is 11.1 Å². The topological polar surface area (TPSA) is 49.7 Å². The number of aliphatic hydroxyl groups is 2. The number of ether oxygens (including phenoxy) is 1. The number of hydrogen-bond donors (Lipinski definition) is 2. The fourth-order valence-electron chi connectivity index (χ4n) is 20.4. The van der Waals surface area contributed by atoms with Crippen molar-refractivity contribution in [2.75, 3.05) is 13.2 Å². The van der Waals surface area contributed by atoms with Gasteiger partial charge in [-0.2, -0.15) is 0 Å². The second kappa shape index (κ2) is 23.5. The van der Waals surface area contributed by atoms with E-state index in [9.17, 15) is 10.2 Å². The van der Waals surface area contributed by atoms with Crippen LogP contribution in [0.25, 0.3) is 0 Å². The van der Waals surface area contributed by atoms with E-state index in [1.54, 1.807) is 0 Å². The quantitative estimate of drug-likeness (QED) is 0.0749. The highest BCUT2D eigenvalue weighted by molar-refractivity contribution is 5.27. The summed E-state index contributed by atoms with van der Waals surface area (Å²) in [5, 5.41) is 19.6. The molecule has 6 saturated carbocycles. The van der Waals surface area contributed by atoms with Crippen molar-refractivity contribution >= 4 is 0 Å². The molecule has 8 rings (SSSR count). The van der Waals surface area contributed by atoms with Gasteiger partial charge in [-0.1, -0.05) is 157 Å². The van der Waals surface area contributed by atoms with Gasteiger partial charge in [0.1, 0.15) is 0 Å². The summed E-state index contributed by atoms with van der Waals surface area (Å²) >= 11 is 0. The van der Waals surface area contributed by atoms with Crippen LogP contribution < -0.4 is 0 Å². The molecule has 8 aliphatic rings. The van der Waals surface area contributed by atoms with Crippen molar-refractivity contribution in [2.45, 2.75) is 274 Å². The van der Waals surface area contributed by atoms with Crippen LogP contribution in [0.2, 0.25) is 0 Å². The third kappa shape index (κ3) is 11.3. The molecule has 0 aromatic carbocycles. The van der Waals surface area contributed by atoms with Gasteiger partial charge in [0.2, 0.25) is 0 Å². The number of aliphatic hydroxyl groups excluding tert-OH is 2. The van der Waals surface area contributed by atoms with E-state index in [4.69, 9.17) is 4.74 Å². The van der Waals surface area contributed by atoms with Crippen molar-refractivity contribution < 1.29 is 14.9 Å². The van der Waals surface area contributed by atoms with Gasteiger partial charge in [-0.25, -0.2) is 0 Å². The predicted molar refractivity (Wildman–Crippen MR) is 293 cm³/mol. The molecule has 8 aliphatic carbocycles. The summed E-state index contributed by atoms with van der Waals surface area (Å²) in [5.41, 5.74) is 5.49. The number of fused-ring (bicyclic) bond motifs is 10. The van der Waals surface area contributed by atoms with Crippen LogP contribution in [0, 0.1) is 105 Å². The lowest BCUT2D eigenvalue weighted by atomic mass is 9.46. The van der Waals surface area contributed by atoms with Crippen molar-refractivity contribution in [2.24, 2.45) is 105 Å². The smallest absolute Gasteiger partial charge is 0.0610 e. The second-order valence-corrected chi connectivity index (χ2v) is 28.9. The van der Waals surface area contributed by atoms with Crippen molar-refractivity contribution in [1.29, 1.82) is 0 Å². The summed E-state index contributed by atoms with van der Waals surface area (Å²) in [5.74, 6) is 11.8. The summed E-state index contributed by atoms with van der Waals surface area (Å²) in [4.78, 5) is 0. The predicted octanol–water partition coefficient (Wildman–Crippen LogP) is 18.2. The lowest BCUT2D eigenvalue weighted by Gasteiger charge is -2.59. The molecule has 2 N–H and O–H groups in total. The zero-order valence-electron chi connectivity index (χ0n) is 47.3. The summed E-state index contributed by atoms with van der Waals surface area (Å²) in [7, 11) is 0. The fraction of sp³-hybridized carbons (Fsp3) is 0.939. The average Bonchev–Trinajstić information content (AvgIpc) is 3.87. The summed E-state index contributed by atoms with van der Waals surface area (Å²) in [6.07, 6.45) is 45.9. The highest BCUT2D eigenvalue weighted by atomic mass is 16.5. The fourth-order valence-corrected chi connectivity index (χ4v) is 20.4. The first kappa shape index (κ1) is 54.6. The minimum atomic E-state index is 0.310. The number of hydrogen-bond acceptors (Lipinski definition) is 3. The Hall–Kier alpha value is -0.640. The maximum Gasteiger partial charge on any atom is 0.0610 e. The van der Waals surface area contributed by atoms with Crippen molar-refractivity contribution in [3.05, 3.63) is 23.3 Å². The van der Waals surface area contributed by atoms with Crippen LogP contribution >= 0.6 is 0 Å². The first-order valence-corrected chi connectivity index (χ1v) is 31.3. The van der Waals surface area contributed by atoms with E-state index < -0.39 is 0 Å². The lowest BCUT2D eigenvalue weighted by Crippen LogP contribution is -2.51. The largest absolute Gasteiger partial charge is 0.396 e. The van der Waals surface area contributed by atoms with Crippen LogP contribution in [0.3, 0.4) is 0 Å². The average molecular weight is 956 g/mol. The van der Waals surface area contributed by atoms with Gasteiger partial charge in [0, 0.05) is 13.2 Å². The number of rotatable bonds is 24. The Morgan fingerprint density at radius 3 is 1.28 bits per heavy atom. The second-order valence-electron chi connectivity index (χ2n) is 28.9. The zero-order chi connectivity index (χ0) is 49.1. The van der Waals surface area contributed by atoms with Crippen molar-refractivity contribution in [1.82, 2.24) is 0 Å². The Bertz CT molecular complexity index is 1560. The molecular weight excluding hydrogens is 841 g/mol. The molecule has 2 unspecified atom stereocenters. The van der Waals surface area contributed by atoms with E-state index in [-0.39, 0.29) is 0 Å². The molecule has 0 heterocycles. The normalized spacial score (nSPS) is 41.2. The van der Waals surface area contributed by atoms with Crippen LogP contribution in [0.1, 0.15) is 262 Å². The van der Waals surface area contributed by atoms with E-state index in [1.165, 1.54) is 154 Å². The SMILES string of the molecule is CC(C)CCC[C@@H](C)[C@H]1CC[C@H]2[C@@H]3CC=C4C[C@@H](C(CCCCCO)OC(CCCCCO)[C@H]5CC[C@@]6(C)C(=CC[C@H]7[C@@H]8CC[C@H]([C@H](C)CCCC(C)C)[C@@]8(C)CC[C@@H]76)C5)CC[C@]4(C)[C@H]3CC[C@]12C. The molecule has 18 atom stereocenters. The first-order valence-electron chi connectivity index (χ1n) is 31.3. The maximum atomic E-state index is 9.82. The molecular formula is C66H114O3. The molecule has 396 valence electrons. The Balaban J connectivity index is 0.953. The Morgan fingerprint density at radius 1 is 0.464 bits per heavy atom. The molecule has 0 aromatic rings. The summed E-state index contributed by atoms with van der Waals surface area (Å²) in [6, 6.07) is 0. The van der Waals surface area contributed by atoms with Crippen LogP contribution in [0.4, 0.5) is 0 Å². The molecule has 3 heteroatoms. The highest BCUT2D eigenvalue weighted by Gasteiger charge is 2.61. The van der Waals surface area contributed by atoms with Gasteiger partial charge in [0.15, 0.2) is 0 Å². The number of allylic oxidation sites excluding steroid dienone is 4. The Kier molecular flexibility index (Phi) is 18.6. The Morgan fingerprint density at radius 2 is 0.884 bits per heavy atom. The zero-order valence-corrected chi connectivity index (χ0v) is 47.3.